The molecule has 3 atom stereocenters. The summed E-state index contributed by atoms with van der Waals surface area (Å²) in [4.78, 5) is 58.4. The Morgan fingerprint density at radius 1 is 0.884 bits per heavy atom. The smallest absolute Gasteiger partial charge is 0.245 e. The van der Waals surface area contributed by atoms with Gasteiger partial charge in [-0.2, -0.15) is 0 Å². The summed E-state index contributed by atoms with van der Waals surface area (Å²) in [5.74, 6) is -0.931. The van der Waals surface area contributed by atoms with Gasteiger partial charge in [-0.05, 0) is 55.5 Å². The van der Waals surface area contributed by atoms with Gasteiger partial charge >= 0.3 is 0 Å². The zero-order chi connectivity index (χ0) is 30.2. The first-order valence-corrected chi connectivity index (χ1v) is 15.3. The van der Waals surface area contributed by atoms with Gasteiger partial charge in [0.15, 0.2) is 0 Å². The minimum Gasteiger partial charge on any atom is -0.508 e. The molecule has 0 spiro atoms. The SMILES string of the molecule is O=C(CNC(=O)C1CCCN1C(=O)C1CCCN1)NC(Cc1ccc(O)cc1)C(=O)N1CCN(Cc2ccccc2)CC1. The first-order valence-electron chi connectivity index (χ1n) is 15.3. The lowest BCUT2D eigenvalue weighted by Gasteiger charge is -2.36. The van der Waals surface area contributed by atoms with Crippen LogP contribution in [0.1, 0.15) is 36.8 Å². The lowest BCUT2D eigenvalue weighted by Crippen LogP contribution is -2.56. The van der Waals surface area contributed by atoms with E-state index in [1.165, 1.54) is 5.56 Å². The maximum atomic E-state index is 13.7. The van der Waals surface area contributed by atoms with Crippen LogP contribution in [-0.4, -0.2) is 107 Å². The lowest BCUT2D eigenvalue weighted by atomic mass is 10.0. The van der Waals surface area contributed by atoms with E-state index in [-0.39, 0.29) is 42.5 Å². The van der Waals surface area contributed by atoms with Crippen LogP contribution in [0.3, 0.4) is 0 Å². The largest absolute Gasteiger partial charge is 0.508 e. The molecule has 11 heteroatoms. The number of benzene rings is 2. The molecule has 3 heterocycles. The number of rotatable bonds is 10. The van der Waals surface area contributed by atoms with E-state index in [0.29, 0.717) is 26.1 Å². The number of hydrogen-bond acceptors (Lipinski definition) is 7. The van der Waals surface area contributed by atoms with Gasteiger partial charge in [0.25, 0.3) is 0 Å². The Labute approximate surface area is 252 Å². The van der Waals surface area contributed by atoms with E-state index in [1.807, 2.05) is 18.2 Å². The van der Waals surface area contributed by atoms with E-state index in [4.69, 9.17) is 0 Å². The highest BCUT2D eigenvalue weighted by atomic mass is 16.3. The van der Waals surface area contributed by atoms with Gasteiger partial charge in [0.2, 0.25) is 23.6 Å². The molecule has 4 N–H and O–H groups in total. The van der Waals surface area contributed by atoms with Crippen molar-refractivity contribution in [3.8, 4) is 5.75 Å². The van der Waals surface area contributed by atoms with Crippen LogP contribution in [0.4, 0.5) is 0 Å². The molecular formula is C32H42N6O5. The second-order valence-corrected chi connectivity index (χ2v) is 11.6. The van der Waals surface area contributed by atoms with Gasteiger partial charge < -0.3 is 30.9 Å². The molecule has 4 amide bonds. The zero-order valence-corrected chi connectivity index (χ0v) is 24.5. The Kier molecular flexibility index (Phi) is 10.3. The zero-order valence-electron chi connectivity index (χ0n) is 24.5. The van der Waals surface area contributed by atoms with E-state index in [2.05, 4.69) is 33.0 Å². The number of hydrogen-bond donors (Lipinski definition) is 4. The van der Waals surface area contributed by atoms with Crippen LogP contribution < -0.4 is 16.0 Å². The molecule has 0 saturated carbocycles. The number of nitrogens with one attached hydrogen (secondary N) is 3. The number of carbonyl (C=O) groups is 4. The molecular weight excluding hydrogens is 548 g/mol. The molecule has 5 rings (SSSR count). The average molecular weight is 591 g/mol. The summed E-state index contributed by atoms with van der Waals surface area (Å²) in [7, 11) is 0. The van der Waals surface area contributed by atoms with Crippen LogP contribution in [0.25, 0.3) is 0 Å². The summed E-state index contributed by atoms with van der Waals surface area (Å²) in [5, 5.41) is 18.4. The molecule has 3 aliphatic rings. The Balaban J connectivity index is 1.16. The van der Waals surface area contributed by atoms with E-state index < -0.39 is 18.0 Å². The van der Waals surface area contributed by atoms with Crippen LogP contribution in [0, 0.1) is 0 Å². The molecule has 2 aromatic carbocycles. The number of phenols is 1. The van der Waals surface area contributed by atoms with Gasteiger partial charge in [-0.25, -0.2) is 0 Å². The molecule has 0 radical (unpaired) electrons. The highest BCUT2D eigenvalue weighted by Crippen LogP contribution is 2.21. The highest BCUT2D eigenvalue weighted by Gasteiger charge is 2.38. The van der Waals surface area contributed by atoms with Crippen molar-refractivity contribution in [2.75, 3.05) is 45.8 Å². The fourth-order valence-corrected chi connectivity index (χ4v) is 6.19. The van der Waals surface area contributed by atoms with Crippen LogP contribution in [0.2, 0.25) is 0 Å². The van der Waals surface area contributed by atoms with Gasteiger partial charge in [-0.15, -0.1) is 0 Å². The standard InChI is InChI=1S/C32H42N6O5/c39-25-12-10-23(11-13-25)20-27(31(42)37-18-16-36(17-19-37)22-24-6-2-1-3-7-24)35-29(40)21-34-30(41)28-9-5-15-38(28)32(43)26-8-4-14-33-26/h1-3,6-7,10-13,26-28,33,39H,4-5,8-9,14-22H2,(H,34,41)(H,35,40). The predicted molar refractivity (Wildman–Crippen MR) is 161 cm³/mol. The van der Waals surface area contributed by atoms with Crippen molar-refractivity contribution < 1.29 is 24.3 Å². The second-order valence-electron chi connectivity index (χ2n) is 11.6. The van der Waals surface area contributed by atoms with E-state index in [9.17, 15) is 24.3 Å². The molecule has 3 aliphatic heterocycles. The van der Waals surface area contributed by atoms with E-state index >= 15 is 0 Å². The summed E-state index contributed by atoms with van der Waals surface area (Å²) in [6, 6.07) is 15.1. The number of aromatic hydroxyl groups is 1. The first kappa shape index (κ1) is 30.5. The molecule has 43 heavy (non-hydrogen) atoms. The minimum atomic E-state index is -0.826. The summed E-state index contributed by atoms with van der Waals surface area (Å²) in [6.45, 7) is 4.41. The minimum absolute atomic E-state index is 0.0528. The number of likely N-dealkylation sites (tertiary alicyclic amines) is 1. The number of nitrogens with zero attached hydrogens (tertiary/aromatic N) is 3. The molecule has 3 fully saturated rings. The summed E-state index contributed by atoms with van der Waals surface area (Å²) >= 11 is 0. The molecule has 3 unspecified atom stereocenters. The molecule has 0 aliphatic carbocycles. The van der Waals surface area contributed by atoms with Gasteiger partial charge in [0, 0.05) is 45.7 Å². The predicted octanol–water partition coefficient (Wildman–Crippen LogP) is 0.623. The van der Waals surface area contributed by atoms with Crippen molar-refractivity contribution >= 4 is 23.6 Å². The quantitative estimate of drug-likeness (QED) is 0.319. The topological polar surface area (TPSA) is 134 Å². The van der Waals surface area contributed by atoms with Crippen molar-refractivity contribution in [3.63, 3.8) is 0 Å². The number of piperazine rings is 1. The van der Waals surface area contributed by atoms with Crippen molar-refractivity contribution in [1.82, 2.24) is 30.7 Å². The maximum Gasteiger partial charge on any atom is 0.245 e. The lowest BCUT2D eigenvalue weighted by molar-refractivity contribution is -0.140. The molecule has 11 nitrogen and oxygen atoms in total. The molecule has 230 valence electrons. The third-order valence-electron chi connectivity index (χ3n) is 8.56. The fraction of sp³-hybridized carbons (Fsp3) is 0.500. The Morgan fingerprint density at radius 2 is 1.63 bits per heavy atom. The Bertz CT molecular complexity index is 1260. The number of phenolic OH excluding ortho intramolecular Hbond substituents is 1. The summed E-state index contributed by atoms with van der Waals surface area (Å²) in [5.41, 5.74) is 2.02. The molecule has 3 saturated heterocycles. The molecule has 2 aromatic rings. The second kappa shape index (κ2) is 14.5. The van der Waals surface area contributed by atoms with Crippen LogP contribution in [0.5, 0.6) is 5.75 Å². The van der Waals surface area contributed by atoms with Crippen LogP contribution in [0.15, 0.2) is 54.6 Å². The van der Waals surface area contributed by atoms with Gasteiger partial charge in [0.05, 0.1) is 12.6 Å². The van der Waals surface area contributed by atoms with Crippen molar-refractivity contribution in [1.29, 1.82) is 0 Å². The molecule has 0 aromatic heterocycles. The van der Waals surface area contributed by atoms with E-state index in [1.54, 1.807) is 34.1 Å². The third kappa shape index (κ3) is 8.11. The van der Waals surface area contributed by atoms with Crippen LogP contribution in [-0.2, 0) is 32.1 Å². The van der Waals surface area contributed by atoms with Gasteiger partial charge in [-0.3, -0.25) is 24.1 Å². The first-order chi connectivity index (χ1) is 20.9. The fourth-order valence-electron chi connectivity index (χ4n) is 6.19. The van der Waals surface area contributed by atoms with Crippen molar-refractivity contribution in [3.05, 3.63) is 65.7 Å². The summed E-state index contributed by atoms with van der Waals surface area (Å²) < 4.78 is 0. The maximum absolute atomic E-state index is 13.7. The summed E-state index contributed by atoms with van der Waals surface area (Å²) in [6.07, 6.45) is 3.26. The van der Waals surface area contributed by atoms with Crippen molar-refractivity contribution in [2.24, 2.45) is 0 Å². The van der Waals surface area contributed by atoms with E-state index in [0.717, 1.165) is 51.0 Å². The number of carbonyl (C=O) groups excluding carboxylic acids is 4. The number of amides is 4. The monoisotopic (exact) mass is 590 g/mol. The van der Waals surface area contributed by atoms with Gasteiger partial charge in [-0.1, -0.05) is 42.5 Å². The Hall–Kier alpha value is -3.96. The Morgan fingerprint density at radius 3 is 2.33 bits per heavy atom. The highest BCUT2D eigenvalue weighted by molar-refractivity contribution is 5.93. The third-order valence-corrected chi connectivity index (χ3v) is 8.56. The normalized spacial score (nSPS) is 21.4. The molecule has 0 bridgehead atoms. The van der Waals surface area contributed by atoms with Gasteiger partial charge in [0.1, 0.15) is 17.8 Å². The van der Waals surface area contributed by atoms with Crippen LogP contribution >= 0.6 is 0 Å². The average Bonchev–Trinajstić information content (AvgIpc) is 3.74. The van der Waals surface area contributed by atoms with Crippen molar-refractivity contribution in [2.45, 2.75) is 56.8 Å².